The maximum Gasteiger partial charge on any atom is 0.143 e. The van der Waals surface area contributed by atoms with Crippen LogP contribution in [0, 0.1) is 0 Å². The molecule has 2 rings (SSSR count). The number of nitrogens with one attached hydrogen (secondary N) is 2. The zero-order valence-corrected chi connectivity index (χ0v) is 9.64. The summed E-state index contributed by atoms with van der Waals surface area (Å²) in [5.41, 5.74) is 0.974. The summed E-state index contributed by atoms with van der Waals surface area (Å²) in [6, 6.07) is 5.92. The van der Waals surface area contributed by atoms with Crippen molar-refractivity contribution in [3.63, 3.8) is 0 Å². The van der Waals surface area contributed by atoms with Crippen LogP contribution in [0.1, 0.15) is 6.92 Å². The summed E-state index contributed by atoms with van der Waals surface area (Å²) in [7, 11) is 1.92. The molecule has 0 amide bonds. The predicted octanol–water partition coefficient (Wildman–Crippen LogP) is 2.12. The maximum atomic E-state index is 5.91. The second kappa shape index (κ2) is 4.29. The highest BCUT2D eigenvalue weighted by molar-refractivity contribution is 6.30. The topological polar surface area (TPSA) is 33.3 Å². The third-order valence-corrected chi connectivity index (χ3v) is 2.80. The van der Waals surface area contributed by atoms with E-state index in [1.807, 2.05) is 25.2 Å². The van der Waals surface area contributed by atoms with Gasteiger partial charge in [0, 0.05) is 11.6 Å². The molecule has 4 heteroatoms. The number of hydrogen-bond acceptors (Lipinski definition) is 3. The van der Waals surface area contributed by atoms with Gasteiger partial charge in [0.25, 0.3) is 0 Å². The van der Waals surface area contributed by atoms with Gasteiger partial charge in [-0.25, -0.2) is 0 Å². The number of hydrogen-bond donors (Lipinski definition) is 2. The van der Waals surface area contributed by atoms with Crippen molar-refractivity contribution < 1.29 is 4.74 Å². The van der Waals surface area contributed by atoms with Crippen molar-refractivity contribution in [2.24, 2.45) is 0 Å². The Bertz CT molecular complexity index is 356. The molecule has 0 aliphatic carbocycles. The van der Waals surface area contributed by atoms with Gasteiger partial charge in [-0.2, -0.15) is 0 Å². The summed E-state index contributed by atoms with van der Waals surface area (Å²) in [4.78, 5) is 0. The second-order valence-corrected chi connectivity index (χ2v) is 4.22. The molecule has 2 atom stereocenters. The molecule has 0 bridgehead atoms. The Morgan fingerprint density at radius 1 is 1.53 bits per heavy atom. The molecule has 0 aromatic heterocycles. The number of benzene rings is 1. The van der Waals surface area contributed by atoms with Crippen LogP contribution in [0.5, 0.6) is 5.75 Å². The Labute approximate surface area is 94.8 Å². The van der Waals surface area contributed by atoms with Gasteiger partial charge in [0.15, 0.2) is 0 Å². The highest BCUT2D eigenvalue weighted by Gasteiger charge is 2.25. The van der Waals surface area contributed by atoms with E-state index in [4.69, 9.17) is 16.3 Å². The Hall–Kier alpha value is -0.930. The molecule has 3 nitrogen and oxygen atoms in total. The van der Waals surface area contributed by atoms with Gasteiger partial charge in [0.2, 0.25) is 0 Å². The first kappa shape index (κ1) is 10.6. The minimum Gasteiger partial charge on any atom is -0.485 e. The third-order valence-electron chi connectivity index (χ3n) is 2.57. The van der Waals surface area contributed by atoms with Crippen molar-refractivity contribution in [1.82, 2.24) is 5.32 Å². The number of halogens is 1. The Kier molecular flexibility index (Phi) is 3.03. The normalized spacial score (nSPS) is 23.9. The van der Waals surface area contributed by atoms with Crippen LogP contribution in [0.4, 0.5) is 5.69 Å². The van der Waals surface area contributed by atoms with Crippen molar-refractivity contribution in [3.05, 3.63) is 23.2 Å². The fourth-order valence-corrected chi connectivity index (χ4v) is 1.91. The van der Waals surface area contributed by atoms with Gasteiger partial charge >= 0.3 is 0 Å². The lowest BCUT2D eigenvalue weighted by Crippen LogP contribution is -2.44. The molecule has 0 spiro atoms. The van der Waals surface area contributed by atoms with E-state index in [0.717, 1.165) is 23.0 Å². The molecule has 0 saturated heterocycles. The first-order valence-corrected chi connectivity index (χ1v) is 5.46. The van der Waals surface area contributed by atoms with Crippen molar-refractivity contribution in [1.29, 1.82) is 0 Å². The maximum absolute atomic E-state index is 5.91. The van der Waals surface area contributed by atoms with Gasteiger partial charge in [-0.15, -0.1) is 0 Å². The van der Waals surface area contributed by atoms with Crippen LogP contribution in [-0.4, -0.2) is 25.7 Å². The highest BCUT2D eigenvalue weighted by atomic mass is 35.5. The van der Waals surface area contributed by atoms with E-state index in [1.54, 1.807) is 0 Å². The molecule has 1 aromatic rings. The third kappa shape index (κ3) is 2.19. The number of likely N-dealkylation sites (N-methyl/N-ethyl adjacent to an activating group) is 1. The minimum atomic E-state index is 0.156. The molecule has 2 unspecified atom stereocenters. The lowest BCUT2D eigenvalue weighted by molar-refractivity contribution is 0.174. The van der Waals surface area contributed by atoms with Crippen LogP contribution < -0.4 is 15.4 Å². The largest absolute Gasteiger partial charge is 0.485 e. The molecular formula is C11H15ClN2O. The van der Waals surface area contributed by atoms with Gasteiger partial charge in [-0.3, -0.25) is 0 Å². The first-order chi connectivity index (χ1) is 7.20. The van der Waals surface area contributed by atoms with Crippen LogP contribution >= 0.6 is 11.6 Å². The van der Waals surface area contributed by atoms with E-state index in [-0.39, 0.29) is 12.1 Å². The minimum absolute atomic E-state index is 0.156. The van der Waals surface area contributed by atoms with Gasteiger partial charge < -0.3 is 15.4 Å². The number of fused-ring (bicyclic) bond motifs is 1. The standard InChI is InChI=1S/C11H15ClN2O/c1-7-11(6-13-2)15-10-4-3-8(12)5-9(10)14-7/h3-5,7,11,13-14H,6H2,1-2H3. The molecule has 0 radical (unpaired) electrons. The molecule has 1 aliphatic rings. The van der Waals surface area contributed by atoms with Crippen LogP contribution in [0.3, 0.4) is 0 Å². The summed E-state index contributed by atoms with van der Waals surface area (Å²) in [5, 5.41) is 7.23. The molecule has 82 valence electrons. The summed E-state index contributed by atoms with van der Waals surface area (Å²) >= 11 is 5.91. The van der Waals surface area contributed by atoms with Crippen LogP contribution in [0.2, 0.25) is 5.02 Å². The lowest BCUT2D eigenvalue weighted by Gasteiger charge is -2.33. The van der Waals surface area contributed by atoms with Crippen molar-refractivity contribution >= 4 is 17.3 Å². The molecule has 0 saturated carbocycles. The average molecular weight is 227 g/mol. The van der Waals surface area contributed by atoms with Crippen LogP contribution in [0.25, 0.3) is 0 Å². The molecule has 1 heterocycles. The Morgan fingerprint density at radius 3 is 3.07 bits per heavy atom. The first-order valence-electron chi connectivity index (χ1n) is 5.08. The Morgan fingerprint density at radius 2 is 2.33 bits per heavy atom. The van der Waals surface area contributed by atoms with Crippen molar-refractivity contribution in [2.75, 3.05) is 18.9 Å². The smallest absolute Gasteiger partial charge is 0.143 e. The van der Waals surface area contributed by atoms with E-state index in [2.05, 4.69) is 17.6 Å². The average Bonchev–Trinajstić information content (AvgIpc) is 2.20. The van der Waals surface area contributed by atoms with Crippen molar-refractivity contribution in [2.45, 2.75) is 19.1 Å². The summed E-state index contributed by atoms with van der Waals surface area (Å²) < 4.78 is 5.86. The monoisotopic (exact) mass is 226 g/mol. The SMILES string of the molecule is CNCC1Oc2ccc(Cl)cc2NC1C. The quantitative estimate of drug-likeness (QED) is 0.811. The highest BCUT2D eigenvalue weighted by Crippen LogP contribution is 2.33. The van der Waals surface area contributed by atoms with E-state index in [9.17, 15) is 0 Å². The van der Waals surface area contributed by atoms with Gasteiger partial charge in [0.1, 0.15) is 11.9 Å². The number of rotatable bonds is 2. The van der Waals surface area contributed by atoms with E-state index < -0.39 is 0 Å². The molecule has 1 aliphatic heterocycles. The zero-order valence-electron chi connectivity index (χ0n) is 8.88. The summed E-state index contributed by atoms with van der Waals surface area (Å²) in [5.74, 6) is 0.873. The molecular weight excluding hydrogens is 212 g/mol. The fourth-order valence-electron chi connectivity index (χ4n) is 1.74. The van der Waals surface area contributed by atoms with Crippen LogP contribution in [0.15, 0.2) is 18.2 Å². The van der Waals surface area contributed by atoms with Gasteiger partial charge in [0.05, 0.1) is 11.7 Å². The number of ether oxygens (including phenoxy) is 1. The van der Waals surface area contributed by atoms with E-state index in [0.29, 0.717) is 0 Å². The Balaban J connectivity index is 2.22. The predicted molar refractivity (Wildman–Crippen MR) is 62.9 cm³/mol. The fraction of sp³-hybridized carbons (Fsp3) is 0.455. The molecule has 15 heavy (non-hydrogen) atoms. The molecule has 2 N–H and O–H groups in total. The van der Waals surface area contributed by atoms with Gasteiger partial charge in [-0.1, -0.05) is 11.6 Å². The second-order valence-electron chi connectivity index (χ2n) is 3.79. The summed E-state index contributed by atoms with van der Waals surface area (Å²) in [6.07, 6.45) is 0.156. The van der Waals surface area contributed by atoms with Crippen molar-refractivity contribution in [3.8, 4) is 5.75 Å². The van der Waals surface area contributed by atoms with E-state index in [1.165, 1.54) is 0 Å². The zero-order chi connectivity index (χ0) is 10.8. The van der Waals surface area contributed by atoms with Crippen LogP contribution in [-0.2, 0) is 0 Å². The lowest BCUT2D eigenvalue weighted by atomic mass is 10.1. The number of anilines is 1. The van der Waals surface area contributed by atoms with E-state index >= 15 is 0 Å². The molecule has 1 aromatic carbocycles. The summed E-state index contributed by atoms with van der Waals surface area (Å²) in [6.45, 7) is 2.93. The molecule has 0 fully saturated rings. The van der Waals surface area contributed by atoms with Gasteiger partial charge in [-0.05, 0) is 32.2 Å².